The summed E-state index contributed by atoms with van der Waals surface area (Å²) in [4.78, 5) is 12.4. The molecule has 3 aliphatic rings. The van der Waals surface area contributed by atoms with Crippen LogP contribution in [-0.2, 0) is 18.4 Å². The third-order valence-electron chi connectivity index (χ3n) is 6.59. The molecule has 6 atom stereocenters. The van der Waals surface area contributed by atoms with Gasteiger partial charge in [0.05, 0.1) is 17.6 Å². The number of esters is 1. The van der Waals surface area contributed by atoms with Gasteiger partial charge in [-0.15, -0.1) is 0 Å². The van der Waals surface area contributed by atoms with E-state index in [0.29, 0.717) is 6.42 Å². The van der Waals surface area contributed by atoms with E-state index in [-0.39, 0.29) is 23.9 Å². The maximum atomic E-state index is 12.4. The summed E-state index contributed by atoms with van der Waals surface area (Å²) in [6, 6.07) is 0. The van der Waals surface area contributed by atoms with Gasteiger partial charge < -0.3 is 18.7 Å². The van der Waals surface area contributed by atoms with Crippen LogP contribution in [0.4, 0.5) is 0 Å². The number of carbonyl (C=O) groups is 1. The van der Waals surface area contributed by atoms with Crippen LogP contribution >= 0.6 is 0 Å². The van der Waals surface area contributed by atoms with Crippen molar-refractivity contribution in [3.63, 3.8) is 0 Å². The Kier molecular flexibility index (Phi) is 5.37. The maximum Gasteiger partial charge on any atom is 0.309 e. The first-order valence-electron chi connectivity index (χ1n) is 10.6. The minimum atomic E-state index is -2.01. The fourth-order valence-electron chi connectivity index (χ4n) is 5.60. The first-order chi connectivity index (χ1) is 12.6. The van der Waals surface area contributed by atoms with E-state index in [0.717, 1.165) is 24.0 Å². The topological polar surface area (TPSA) is 65.0 Å². The summed E-state index contributed by atoms with van der Waals surface area (Å²) in [7, 11) is -3.92. The summed E-state index contributed by atoms with van der Waals surface area (Å²) in [6.07, 6.45) is 1.23. The van der Waals surface area contributed by atoms with Gasteiger partial charge in [-0.25, -0.2) is 0 Å². The number of aliphatic hydroxyl groups is 1. The van der Waals surface area contributed by atoms with Crippen LogP contribution in [0.2, 0.25) is 39.3 Å². The normalized spacial score (nSPS) is 41.6. The van der Waals surface area contributed by atoms with Gasteiger partial charge in [-0.05, 0) is 71.5 Å². The van der Waals surface area contributed by atoms with Crippen LogP contribution in [0, 0.1) is 11.8 Å². The van der Waals surface area contributed by atoms with E-state index in [1.54, 1.807) is 0 Å². The second-order valence-corrected chi connectivity index (χ2v) is 20.0. The number of carbonyl (C=O) groups excluding carboxylic acids is 1. The van der Waals surface area contributed by atoms with Crippen LogP contribution in [0.5, 0.6) is 0 Å². The Morgan fingerprint density at radius 3 is 2.21 bits per heavy atom. The summed E-state index contributed by atoms with van der Waals surface area (Å²) in [5, 5.41) is 11.0. The predicted molar refractivity (Wildman–Crippen MR) is 115 cm³/mol. The molecule has 1 saturated heterocycles. The molecule has 1 N–H and O–H groups in total. The molecule has 0 bridgehead atoms. The van der Waals surface area contributed by atoms with Gasteiger partial charge in [0.25, 0.3) is 0 Å². The highest BCUT2D eigenvalue weighted by atomic mass is 28.4. The number of hydrogen-bond acceptors (Lipinski definition) is 5. The fourth-order valence-corrected chi connectivity index (χ4v) is 8.67. The molecule has 0 spiro atoms. The van der Waals surface area contributed by atoms with Gasteiger partial charge in [-0.2, -0.15) is 0 Å². The summed E-state index contributed by atoms with van der Waals surface area (Å²) in [5.74, 6) is -0.158. The van der Waals surface area contributed by atoms with E-state index in [1.807, 2.05) is 13.8 Å². The molecule has 1 saturated carbocycles. The van der Waals surface area contributed by atoms with Gasteiger partial charge in [0.15, 0.2) is 16.6 Å². The Hall–Kier alpha value is -0.476. The molecule has 7 heteroatoms. The molecule has 1 heterocycles. The summed E-state index contributed by atoms with van der Waals surface area (Å²) < 4.78 is 19.8. The third kappa shape index (κ3) is 3.58. The molecule has 0 aromatic rings. The summed E-state index contributed by atoms with van der Waals surface area (Å²) >= 11 is 0. The van der Waals surface area contributed by atoms with Crippen LogP contribution in [-0.4, -0.2) is 51.1 Å². The molecule has 160 valence electrons. The Morgan fingerprint density at radius 1 is 1.11 bits per heavy atom. The van der Waals surface area contributed by atoms with Gasteiger partial charge in [0.1, 0.15) is 11.7 Å². The molecule has 0 radical (unpaired) electrons. The lowest BCUT2D eigenvalue weighted by molar-refractivity contribution is -0.145. The molecule has 5 nitrogen and oxygen atoms in total. The number of hydrogen-bond donors (Lipinski definition) is 1. The second-order valence-electron chi connectivity index (χ2n) is 11.2. The molecule has 3 rings (SSSR count). The minimum absolute atomic E-state index is 0.111. The summed E-state index contributed by atoms with van der Waals surface area (Å²) in [6.45, 7) is 19.3. The van der Waals surface area contributed by atoms with Crippen LogP contribution in [0.1, 0.15) is 40.0 Å². The van der Waals surface area contributed by atoms with E-state index in [1.165, 1.54) is 0 Å². The average molecular weight is 427 g/mol. The molecular weight excluding hydrogens is 388 g/mol. The van der Waals surface area contributed by atoms with E-state index in [9.17, 15) is 9.90 Å². The van der Waals surface area contributed by atoms with Gasteiger partial charge in [-0.3, -0.25) is 4.79 Å². The van der Waals surface area contributed by atoms with Crippen LogP contribution in [0.25, 0.3) is 0 Å². The Balaban J connectivity index is 2.23. The van der Waals surface area contributed by atoms with Crippen molar-refractivity contribution in [3.8, 4) is 0 Å². The van der Waals surface area contributed by atoms with E-state index >= 15 is 0 Å². The number of rotatable bonds is 4. The zero-order chi connectivity index (χ0) is 21.3. The van der Waals surface area contributed by atoms with Gasteiger partial charge in [0, 0.05) is 17.9 Å². The highest BCUT2D eigenvalue weighted by Crippen LogP contribution is 2.58. The second kappa shape index (κ2) is 6.77. The Morgan fingerprint density at radius 2 is 1.68 bits per heavy atom. The molecule has 0 amide bonds. The highest BCUT2D eigenvalue weighted by Gasteiger charge is 2.65. The predicted octanol–water partition coefficient (Wildman–Crippen LogP) is 4.24. The van der Waals surface area contributed by atoms with Crippen LogP contribution in [0.15, 0.2) is 11.1 Å². The van der Waals surface area contributed by atoms with Crippen molar-refractivity contribution in [3.05, 3.63) is 11.1 Å². The van der Waals surface area contributed by atoms with Crippen molar-refractivity contribution < 1.29 is 23.5 Å². The zero-order valence-corrected chi connectivity index (χ0v) is 21.0. The van der Waals surface area contributed by atoms with E-state index in [2.05, 4.69) is 46.2 Å². The number of fused-ring (bicyclic) bond motifs is 3. The van der Waals surface area contributed by atoms with Crippen molar-refractivity contribution in [1.29, 1.82) is 0 Å². The van der Waals surface area contributed by atoms with Crippen molar-refractivity contribution >= 4 is 22.6 Å². The smallest absolute Gasteiger partial charge is 0.309 e. The molecule has 0 aromatic carbocycles. The van der Waals surface area contributed by atoms with E-state index < -0.39 is 33.9 Å². The standard InChI is InChI=1S/C21H38O5Si2/c1-13-15-10-11-20(3,25-27(4,5)6)21(26-28(7,8)9)12-16(22)14(2)17(21)18(15)24-19(13)23/h13,15-16,18,22H,10-12H2,1-9H3/t13-,15-,16-,18-,20-,21+/m0/s1. The first kappa shape index (κ1) is 22.2. The SMILES string of the molecule is CC1=C2[C@H]3OC(=O)[C@@H](C)[C@@H]3CC[C@](C)(O[Si](C)(C)C)[C@@]2(O[Si](C)(C)C)C[C@@H]1O. The third-order valence-corrected chi connectivity index (χ3v) is 8.62. The van der Waals surface area contributed by atoms with Gasteiger partial charge in [0.2, 0.25) is 0 Å². The monoisotopic (exact) mass is 426 g/mol. The summed E-state index contributed by atoms with van der Waals surface area (Å²) in [5.41, 5.74) is 0.596. The molecule has 0 aromatic heterocycles. The minimum Gasteiger partial charge on any atom is -0.457 e. The lowest BCUT2D eigenvalue weighted by atomic mass is 9.77. The lowest BCUT2D eigenvalue weighted by Crippen LogP contribution is -2.62. The fraction of sp³-hybridized carbons (Fsp3) is 0.857. The van der Waals surface area contributed by atoms with Gasteiger partial charge >= 0.3 is 5.97 Å². The lowest BCUT2D eigenvalue weighted by Gasteiger charge is -2.52. The van der Waals surface area contributed by atoms with Gasteiger partial charge in [-0.1, -0.05) is 6.92 Å². The molecule has 0 unspecified atom stereocenters. The van der Waals surface area contributed by atoms with Crippen molar-refractivity contribution in [2.75, 3.05) is 0 Å². The number of aliphatic hydroxyl groups excluding tert-OH is 1. The molecule has 2 fully saturated rings. The largest absolute Gasteiger partial charge is 0.457 e. The highest BCUT2D eigenvalue weighted by molar-refractivity contribution is 6.70. The Labute approximate surface area is 172 Å². The van der Waals surface area contributed by atoms with E-state index in [4.69, 9.17) is 13.6 Å². The average Bonchev–Trinajstić information content (AvgIpc) is 2.86. The maximum absolute atomic E-state index is 12.4. The van der Waals surface area contributed by atoms with Crippen LogP contribution in [0.3, 0.4) is 0 Å². The van der Waals surface area contributed by atoms with Crippen molar-refractivity contribution in [2.45, 2.75) is 103 Å². The molecular formula is C21H38O5Si2. The van der Waals surface area contributed by atoms with Crippen molar-refractivity contribution in [2.24, 2.45) is 11.8 Å². The first-order valence-corrected chi connectivity index (χ1v) is 17.4. The quantitative estimate of drug-likeness (QED) is 0.414. The van der Waals surface area contributed by atoms with Crippen molar-refractivity contribution in [1.82, 2.24) is 0 Å². The molecule has 2 aliphatic carbocycles. The number of ether oxygens (including phenoxy) is 1. The molecule has 28 heavy (non-hydrogen) atoms. The van der Waals surface area contributed by atoms with Crippen LogP contribution < -0.4 is 0 Å². The Bertz CT molecular complexity index is 692. The molecule has 1 aliphatic heterocycles. The zero-order valence-electron chi connectivity index (χ0n) is 19.0.